The monoisotopic (exact) mass is 1080 g/mol. The zero-order valence-corrected chi connectivity index (χ0v) is 48.0. The van der Waals surface area contributed by atoms with Crippen LogP contribution in [0.2, 0.25) is 0 Å². The Morgan fingerprint density at radius 1 is 0.410 bits per heavy atom. The zero-order chi connectivity index (χ0) is 56.4. The molecule has 0 aromatic heterocycles. The summed E-state index contributed by atoms with van der Waals surface area (Å²) in [7, 11) is 0. The minimum absolute atomic E-state index is 0.124. The molecular weight excluding hydrogens is 993 g/mol. The summed E-state index contributed by atoms with van der Waals surface area (Å²) in [6.07, 6.45) is 26.7. The normalized spacial score (nSPS) is 11.5. The maximum atomic E-state index is 13.3. The highest BCUT2D eigenvalue weighted by Crippen LogP contribution is 2.43. The van der Waals surface area contributed by atoms with Gasteiger partial charge in [-0.2, -0.15) is 0 Å². The van der Waals surface area contributed by atoms with Gasteiger partial charge in [-0.1, -0.05) is 125 Å². The molecule has 0 aliphatic carbocycles. The van der Waals surface area contributed by atoms with Crippen LogP contribution in [0, 0.1) is 5.92 Å². The average Bonchev–Trinajstić information content (AvgIpc) is 3.46. The topological polar surface area (TPSA) is 161 Å². The van der Waals surface area contributed by atoms with Gasteiger partial charge in [-0.3, -0.25) is 4.79 Å². The molecule has 1 unspecified atom stereocenters. The van der Waals surface area contributed by atoms with E-state index in [-0.39, 0.29) is 30.0 Å². The number of ether oxygens (including phenoxy) is 10. The molecule has 14 nitrogen and oxygen atoms in total. The lowest BCUT2D eigenvalue weighted by Crippen LogP contribution is -2.15. The van der Waals surface area contributed by atoms with Gasteiger partial charge in [-0.05, 0) is 118 Å². The van der Waals surface area contributed by atoms with Gasteiger partial charge in [0, 0.05) is 29.4 Å². The smallest absolute Gasteiger partial charge is 0.336 e. The third-order valence-corrected chi connectivity index (χ3v) is 12.5. The van der Waals surface area contributed by atoms with E-state index in [0.717, 1.165) is 115 Å². The highest BCUT2D eigenvalue weighted by molar-refractivity contribution is 5.90. The summed E-state index contributed by atoms with van der Waals surface area (Å²) in [6, 6.07) is 13.5. The molecule has 1 atom stereocenters. The van der Waals surface area contributed by atoms with Gasteiger partial charge in [0.2, 0.25) is 11.5 Å². The number of carbonyl (C=O) groups excluding carboxylic acids is 4. The molecule has 0 saturated heterocycles. The van der Waals surface area contributed by atoms with Gasteiger partial charge in [0.1, 0.15) is 11.5 Å². The van der Waals surface area contributed by atoms with Crippen LogP contribution in [0.15, 0.2) is 73.3 Å². The zero-order valence-electron chi connectivity index (χ0n) is 48.0. The Labute approximate surface area is 466 Å². The highest BCUT2D eigenvalue weighted by atomic mass is 16.6. The Hall–Kier alpha value is -6.44. The molecule has 78 heavy (non-hydrogen) atoms. The predicted molar refractivity (Wildman–Crippen MR) is 308 cm³/mol. The van der Waals surface area contributed by atoms with Gasteiger partial charge in [-0.25, -0.2) is 14.4 Å². The van der Waals surface area contributed by atoms with E-state index < -0.39 is 17.9 Å². The fraction of sp³-hybridized carbons (Fsp3) is 0.562. The molecule has 0 spiro atoms. The van der Waals surface area contributed by atoms with Gasteiger partial charge < -0.3 is 47.4 Å². The highest BCUT2D eigenvalue weighted by Gasteiger charge is 2.20. The maximum absolute atomic E-state index is 13.3. The first-order chi connectivity index (χ1) is 38.1. The van der Waals surface area contributed by atoms with Crippen molar-refractivity contribution in [3.8, 4) is 46.0 Å². The van der Waals surface area contributed by atoms with Crippen molar-refractivity contribution in [1.82, 2.24) is 0 Å². The second-order valence-electron chi connectivity index (χ2n) is 19.2. The molecule has 3 rings (SSSR count). The first-order valence-electron chi connectivity index (χ1n) is 29.0. The van der Waals surface area contributed by atoms with Crippen molar-refractivity contribution >= 4 is 36.0 Å². The Morgan fingerprint density at radius 2 is 0.756 bits per heavy atom. The summed E-state index contributed by atoms with van der Waals surface area (Å²) >= 11 is 0. The molecule has 3 aromatic rings. The Bertz CT molecular complexity index is 2230. The van der Waals surface area contributed by atoms with E-state index in [1.54, 1.807) is 42.5 Å². The molecular formula is C64H92O14. The number of hydrogen-bond donors (Lipinski definition) is 0. The van der Waals surface area contributed by atoms with Crippen molar-refractivity contribution in [2.24, 2.45) is 5.92 Å². The molecule has 0 saturated carbocycles. The molecule has 0 N–H and O–H groups in total. The molecule has 432 valence electrons. The van der Waals surface area contributed by atoms with Crippen molar-refractivity contribution in [1.29, 1.82) is 0 Å². The van der Waals surface area contributed by atoms with E-state index in [2.05, 4.69) is 34.3 Å². The van der Waals surface area contributed by atoms with E-state index in [9.17, 15) is 19.2 Å². The summed E-state index contributed by atoms with van der Waals surface area (Å²) in [4.78, 5) is 50.1. The number of carbonyl (C=O) groups is 4. The van der Waals surface area contributed by atoms with Crippen molar-refractivity contribution in [3.05, 3.63) is 84.5 Å². The molecule has 0 aliphatic heterocycles. The number of esters is 4. The molecule has 0 amide bonds. The van der Waals surface area contributed by atoms with Crippen molar-refractivity contribution in [2.75, 3.05) is 52.9 Å². The fourth-order valence-corrected chi connectivity index (χ4v) is 7.67. The van der Waals surface area contributed by atoms with Crippen LogP contribution in [-0.4, -0.2) is 76.7 Å². The number of unbranched alkanes of at least 4 members (excludes halogenated alkanes) is 14. The third kappa shape index (κ3) is 27.2. The first kappa shape index (κ1) is 65.8. The molecule has 0 heterocycles. The molecule has 3 aromatic carbocycles. The fourth-order valence-electron chi connectivity index (χ4n) is 7.67. The van der Waals surface area contributed by atoms with Crippen LogP contribution in [0.1, 0.15) is 188 Å². The van der Waals surface area contributed by atoms with Crippen LogP contribution in [0.3, 0.4) is 0 Å². The maximum Gasteiger partial charge on any atom is 0.336 e. The number of benzene rings is 3. The Morgan fingerprint density at radius 3 is 1.13 bits per heavy atom. The predicted octanol–water partition coefficient (Wildman–Crippen LogP) is 15.4. The van der Waals surface area contributed by atoms with Crippen LogP contribution in [-0.2, 0) is 28.7 Å². The van der Waals surface area contributed by atoms with Crippen LogP contribution in [0.4, 0.5) is 0 Å². The van der Waals surface area contributed by atoms with E-state index >= 15 is 0 Å². The standard InChI is InChI=1S/C64H92O14/c1-8-14-18-22-45-72-60-51(30-38-55(62(60)74-47-24-20-16-10-3)69-42-26-28-44-71-57(65)13-6)32-40-58(66)77-53-34-36-54(37-35-53)78-59(67)41-33-52-31-39-56(70-43-27-29-49-76-64(68)50(7)12-5)63(75-48-25-21-17-11-4)61(52)73-46-23-19-15-9-2/h13,30-41,50H,6,8-12,14-29,42-49H2,1-5,7H3. The quantitative estimate of drug-likeness (QED) is 0.0227. The van der Waals surface area contributed by atoms with Gasteiger partial charge in [0.05, 0.1) is 58.8 Å². The number of hydrogen-bond acceptors (Lipinski definition) is 14. The molecule has 0 fully saturated rings. The number of rotatable bonds is 45. The van der Waals surface area contributed by atoms with Crippen LogP contribution >= 0.6 is 0 Å². The molecule has 0 radical (unpaired) electrons. The van der Waals surface area contributed by atoms with E-state index in [0.29, 0.717) is 118 Å². The molecule has 0 bridgehead atoms. The lowest BCUT2D eigenvalue weighted by Gasteiger charge is -2.19. The van der Waals surface area contributed by atoms with Crippen LogP contribution in [0.25, 0.3) is 12.2 Å². The minimum atomic E-state index is -0.625. The van der Waals surface area contributed by atoms with E-state index in [4.69, 9.17) is 47.4 Å². The largest absolute Gasteiger partial charge is 0.490 e. The van der Waals surface area contributed by atoms with E-state index in [1.165, 1.54) is 12.2 Å². The summed E-state index contributed by atoms with van der Waals surface area (Å²) in [5, 5.41) is 0. The average molecular weight is 1090 g/mol. The summed E-state index contributed by atoms with van der Waals surface area (Å²) in [5.74, 6) is 1.48. The van der Waals surface area contributed by atoms with Crippen LogP contribution in [0.5, 0.6) is 46.0 Å². The lowest BCUT2D eigenvalue weighted by molar-refractivity contribution is -0.148. The first-order valence-corrected chi connectivity index (χ1v) is 29.0. The Kier molecular flexibility index (Phi) is 35.1. The van der Waals surface area contributed by atoms with Crippen molar-refractivity contribution in [3.63, 3.8) is 0 Å². The SMILES string of the molecule is C=CC(=O)OCCCCOc1ccc(C=CC(=O)Oc2ccc(OC(=O)C=Cc3ccc(OCCCCOC(=O)C(C)CC)c(OCCCCCC)c3OCCCCCC)cc2)c(OCCCCCC)c1OCCCCCC. The van der Waals surface area contributed by atoms with Crippen molar-refractivity contribution in [2.45, 2.75) is 176 Å². The summed E-state index contributed by atoms with van der Waals surface area (Å²) in [6.45, 7) is 19.1. The lowest BCUT2D eigenvalue weighted by atomic mass is 10.1. The van der Waals surface area contributed by atoms with E-state index in [1.807, 2.05) is 32.0 Å². The summed E-state index contributed by atoms with van der Waals surface area (Å²) < 4.78 is 60.0. The van der Waals surface area contributed by atoms with Gasteiger partial charge in [0.15, 0.2) is 23.0 Å². The Balaban J connectivity index is 1.77. The molecule has 0 aliphatic rings. The summed E-state index contributed by atoms with van der Waals surface area (Å²) in [5.41, 5.74) is 1.25. The molecule has 14 heteroatoms. The second-order valence-corrected chi connectivity index (χ2v) is 19.2. The van der Waals surface area contributed by atoms with Gasteiger partial charge in [-0.15, -0.1) is 0 Å². The second kappa shape index (κ2) is 41.6. The van der Waals surface area contributed by atoms with Gasteiger partial charge in [0.25, 0.3) is 0 Å². The van der Waals surface area contributed by atoms with Crippen molar-refractivity contribution < 1.29 is 66.5 Å². The third-order valence-electron chi connectivity index (χ3n) is 12.5. The minimum Gasteiger partial charge on any atom is -0.490 e. The van der Waals surface area contributed by atoms with Gasteiger partial charge >= 0.3 is 23.9 Å². The van der Waals surface area contributed by atoms with Crippen LogP contribution < -0.4 is 37.9 Å².